The van der Waals surface area contributed by atoms with Gasteiger partial charge in [-0.2, -0.15) is 0 Å². The number of ether oxygens (including phenoxy) is 1. The topological polar surface area (TPSA) is 27.7 Å². The maximum absolute atomic E-state index is 6.06. The molecule has 1 heterocycles. The van der Waals surface area contributed by atoms with E-state index in [-0.39, 0.29) is 18.3 Å². The molecule has 0 aromatic heterocycles. The summed E-state index contributed by atoms with van der Waals surface area (Å²) in [6.45, 7) is 9.90. The molecular formula is C17H25BO3. The largest absolute Gasteiger partial charge is 0.494 e. The summed E-state index contributed by atoms with van der Waals surface area (Å²) >= 11 is 0. The van der Waals surface area contributed by atoms with Crippen molar-refractivity contribution >= 4 is 12.6 Å². The van der Waals surface area contributed by atoms with Gasteiger partial charge in [-0.15, -0.1) is 0 Å². The van der Waals surface area contributed by atoms with Crippen molar-refractivity contribution in [2.24, 2.45) is 5.92 Å². The summed E-state index contributed by atoms with van der Waals surface area (Å²) in [6, 6.07) is 8.37. The lowest BCUT2D eigenvalue weighted by Crippen LogP contribution is -2.41. The van der Waals surface area contributed by atoms with Gasteiger partial charge in [0.2, 0.25) is 0 Å². The van der Waals surface area contributed by atoms with Gasteiger partial charge >= 0.3 is 7.12 Å². The number of hydrogen-bond acceptors (Lipinski definition) is 3. The van der Waals surface area contributed by atoms with E-state index in [0.29, 0.717) is 6.61 Å². The van der Waals surface area contributed by atoms with Gasteiger partial charge in [0, 0.05) is 6.61 Å². The molecule has 114 valence electrons. The molecule has 0 spiro atoms. The summed E-state index contributed by atoms with van der Waals surface area (Å²) in [6.07, 6.45) is 2.67. The van der Waals surface area contributed by atoms with Gasteiger partial charge in [0.15, 0.2) is 0 Å². The number of hydrogen-bond donors (Lipinski definition) is 0. The first kappa shape index (κ1) is 15.1. The average molecular weight is 288 g/mol. The van der Waals surface area contributed by atoms with Crippen LogP contribution in [0, 0.1) is 5.92 Å². The molecule has 0 radical (unpaired) electrons. The van der Waals surface area contributed by atoms with Crippen LogP contribution in [-0.2, 0) is 20.7 Å². The van der Waals surface area contributed by atoms with Crippen molar-refractivity contribution in [2.45, 2.75) is 58.3 Å². The fraction of sp³-hybridized carbons (Fsp3) is 0.647. The van der Waals surface area contributed by atoms with Crippen molar-refractivity contribution in [2.75, 3.05) is 6.61 Å². The highest BCUT2D eigenvalue weighted by Crippen LogP contribution is 2.36. The molecule has 4 heteroatoms. The Hall–Kier alpha value is -0.835. The quantitative estimate of drug-likeness (QED) is 0.780. The second-order valence-electron chi connectivity index (χ2n) is 7.29. The average Bonchev–Trinajstić information content (AvgIpc) is 3.18. The van der Waals surface area contributed by atoms with Crippen molar-refractivity contribution in [3.05, 3.63) is 29.8 Å². The second-order valence-corrected chi connectivity index (χ2v) is 7.29. The Morgan fingerprint density at radius 1 is 1.05 bits per heavy atom. The number of benzene rings is 1. The summed E-state index contributed by atoms with van der Waals surface area (Å²) < 4.78 is 17.8. The van der Waals surface area contributed by atoms with Crippen LogP contribution in [0.3, 0.4) is 0 Å². The van der Waals surface area contributed by atoms with Crippen molar-refractivity contribution in [3.63, 3.8) is 0 Å². The van der Waals surface area contributed by atoms with Crippen molar-refractivity contribution in [1.82, 2.24) is 0 Å². The van der Waals surface area contributed by atoms with Crippen LogP contribution in [0.2, 0.25) is 0 Å². The highest BCUT2D eigenvalue weighted by molar-refractivity contribution is 6.62. The summed E-state index contributed by atoms with van der Waals surface area (Å²) in [7, 11) is -0.281. The van der Waals surface area contributed by atoms with Gasteiger partial charge in [0.05, 0.1) is 17.8 Å². The van der Waals surface area contributed by atoms with E-state index in [1.165, 1.54) is 18.4 Å². The Morgan fingerprint density at radius 2 is 1.62 bits per heavy atom. The smallest absolute Gasteiger partial charge is 0.399 e. The Labute approximate surface area is 128 Å². The predicted molar refractivity (Wildman–Crippen MR) is 84.5 cm³/mol. The first-order valence-electron chi connectivity index (χ1n) is 7.90. The Morgan fingerprint density at radius 3 is 2.14 bits per heavy atom. The molecular weight excluding hydrogens is 263 g/mol. The highest BCUT2D eigenvalue weighted by atomic mass is 16.7. The third kappa shape index (κ3) is 3.33. The predicted octanol–water partition coefficient (Wildman–Crippen LogP) is 2.91. The van der Waals surface area contributed by atoms with Gasteiger partial charge in [-0.05, 0) is 57.5 Å². The molecule has 1 saturated heterocycles. The molecule has 2 fully saturated rings. The van der Waals surface area contributed by atoms with E-state index >= 15 is 0 Å². The van der Waals surface area contributed by atoms with Crippen LogP contribution in [0.1, 0.15) is 46.1 Å². The van der Waals surface area contributed by atoms with E-state index in [1.807, 2.05) is 0 Å². The molecule has 1 aliphatic heterocycles. The zero-order valence-corrected chi connectivity index (χ0v) is 13.5. The van der Waals surface area contributed by atoms with E-state index in [9.17, 15) is 0 Å². The third-order valence-electron chi connectivity index (χ3n) is 4.82. The van der Waals surface area contributed by atoms with Crippen LogP contribution in [0.5, 0.6) is 0 Å². The lowest BCUT2D eigenvalue weighted by Gasteiger charge is -2.32. The zero-order valence-electron chi connectivity index (χ0n) is 13.5. The van der Waals surface area contributed by atoms with Crippen molar-refractivity contribution in [3.8, 4) is 0 Å². The molecule has 3 nitrogen and oxygen atoms in total. The summed E-state index contributed by atoms with van der Waals surface area (Å²) in [4.78, 5) is 0. The minimum absolute atomic E-state index is 0.281. The maximum atomic E-state index is 6.06. The standard InChI is InChI=1S/C17H25BO3/c1-16(2)17(3,4)21-18(20-16)15-9-7-14(8-10-15)12-19-11-13-5-6-13/h7-10,13H,5-6,11-12H2,1-4H3. The molecule has 0 atom stereocenters. The van der Waals surface area contributed by atoms with Crippen LogP contribution in [0.15, 0.2) is 24.3 Å². The maximum Gasteiger partial charge on any atom is 0.494 e. The summed E-state index contributed by atoms with van der Waals surface area (Å²) in [5.74, 6) is 0.814. The summed E-state index contributed by atoms with van der Waals surface area (Å²) in [5.41, 5.74) is 1.70. The molecule has 1 saturated carbocycles. The van der Waals surface area contributed by atoms with Crippen LogP contribution in [0.4, 0.5) is 0 Å². The minimum atomic E-state index is -0.288. The van der Waals surface area contributed by atoms with Gasteiger partial charge in [0.25, 0.3) is 0 Å². The normalized spacial score (nSPS) is 23.5. The van der Waals surface area contributed by atoms with E-state index in [0.717, 1.165) is 18.0 Å². The van der Waals surface area contributed by atoms with Crippen LogP contribution in [-0.4, -0.2) is 24.9 Å². The molecule has 1 aliphatic carbocycles. The zero-order chi connectivity index (χ0) is 15.1. The molecule has 0 N–H and O–H groups in total. The fourth-order valence-electron chi connectivity index (χ4n) is 2.38. The van der Waals surface area contributed by atoms with Crippen LogP contribution < -0.4 is 5.46 Å². The monoisotopic (exact) mass is 288 g/mol. The van der Waals surface area contributed by atoms with Gasteiger partial charge in [-0.3, -0.25) is 0 Å². The Kier molecular flexibility index (Phi) is 3.89. The Bertz CT molecular complexity index is 475. The van der Waals surface area contributed by atoms with Crippen molar-refractivity contribution < 1.29 is 14.0 Å². The van der Waals surface area contributed by atoms with E-state index < -0.39 is 0 Å². The van der Waals surface area contributed by atoms with Crippen LogP contribution in [0.25, 0.3) is 0 Å². The van der Waals surface area contributed by atoms with Crippen LogP contribution >= 0.6 is 0 Å². The SMILES string of the molecule is CC1(C)OB(c2ccc(COCC3CC3)cc2)OC1(C)C. The molecule has 1 aromatic rings. The Balaban J connectivity index is 1.59. The van der Waals surface area contributed by atoms with E-state index in [1.54, 1.807) is 0 Å². The lowest BCUT2D eigenvalue weighted by molar-refractivity contribution is 0.00578. The van der Waals surface area contributed by atoms with Gasteiger partial charge < -0.3 is 14.0 Å². The van der Waals surface area contributed by atoms with E-state index in [2.05, 4.69) is 52.0 Å². The highest BCUT2D eigenvalue weighted by Gasteiger charge is 2.51. The van der Waals surface area contributed by atoms with Gasteiger partial charge in [-0.25, -0.2) is 0 Å². The molecule has 0 amide bonds. The number of rotatable bonds is 5. The minimum Gasteiger partial charge on any atom is -0.399 e. The molecule has 3 rings (SSSR count). The van der Waals surface area contributed by atoms with Crippen molar-refractivity contribution in [1.29, 1.82) is 0 Å². The van der Waals surface area contributed by atoms with Gasteiger partial charge in [0.1, 0.15) is 0 Å². The summed E-state index contributed by atoms with van der Waals surface area (Å²) in [5, 5.41) is 0. The second kappa shape index (κ2) is 5.42. The molecule has 2 aliphatic rings. The third-order valence-corrected chi connectivity index (χ3v) is 4.82. The molecule has 0 bridgehead atoms. The molecule has 1 aromatic carbocycles. The van der Waals surface area contributed by atoms with E-state index in [4.69, 9.17) is 14.0 Å². The first-order valence-corrected chi connectivity index (χ1v) is 7.90. The molecule has 0 unspecified atom stereocenters. The lowest BCUT2D eigenvalue weighted by atomic mass is 9.79. The fourth-order valence-corrected chi connectivity index (χ4v) is 2.38. The van der Waals surface area contributed by atoms with Gasteiger partial charge in [-0.1, -0.05) is 24.3 Å². The molecule has 21 heavy (non-hydrogen) atoms. The first-order chi connectivity index (χ1) is 9.87.